The van der Waals surface area contributed by atoms with Crippen molar-refractivity contribution in [2.24, 2.45) is 0 Å². The SMILES string of the molecule is C=CCn1ncc(NCCNCCOC)c(Br)c1=O. The first-order valence-electron chi connectivity index (χ1n) is 6.00. The van der Waals surface area contributed by atoms with Gasteiger partial charge in [0.15, 0.2) is 0 Å². The fraction of sp³-hybridized carbons (Fsp3) is 0.500. The Bertz CT molecular complexity index is 462. The molecule has 1 heterocycles. The van der Waals surface area contributed by atoms with Gasteiger partial charge in [-0.15, -0.1) is 6.58 Å². The first kappa shape index (κ1) is 15.9. The first-order chi connectivity index (χ1) is 9.20. The lowest BCUT2D eigenvalue weighted by atomic mass is 10.4. The Labute approximate surface area is 121 Å². The van der Waals surface area contributed by atoms with E-state index in [-0.39, 0.29) is 5.56 Å². The molecule has 0 saturated carbocycles. The molecule has 7 heteroatoms. The Hall–Kier alpha value is -1.18. The van der Waals surface area contributed by atoms with Gasteiger partial charge in [0.05, 0.1) is 25.0 Å². The summed E-state index contributed by atoms with van der Waals surface area (Å²) in [6, 6.07) is 0. The molecule has 0 fully saturated rings. The Morgan fingerprint density at radius 1 is 1.53 bits per heavy atom. The van der Waals surface area contributed by atoms with Crippen LogP contribution in [0.2, 0.25) is 0 Å². The van der Waals surface area contributed by atoms with E-state index in [0.717, 1.165) is 13.1 Å². The molecule has 106 valence electrons. The quantitative estimate of drug-likeness (QED) is 0.518. The highest BCUT2D eigenvalue weighted by Gasteiger charge is 2.07. The Morgan fingerprint density at radius 2 is 2.32 bits per heavy atom. The van der Waals surface area contributed by atoms with Crippen molar-refractivity contribution in [3.63, 3.8) is 0 Å². The van der Waals surface area contributed by atoms with E-state index in [0.29, 0.717) is 29.9 Å². The van der Waals surface area contributed by atoms with Gasteiger partial charge in [-0.2, -0.15) is 5.10 Å². The van der Waals surface area contributed by atoms with Gasteiger partial charge >= 0.3 is 0 Å². The van der Waals surface area contributed by atoms with Crippen molar-refractivity contribution >= 4 is 21.6 Å². The van der Waals surface area contributed by atoms with Crippen LogP contribution in [0.5, 0.6) is 0 Å². The lowest BCUT2D eigenvalue weighted by molar-refractivity contribution is 0.200. The van der Waals surface area contributed by atoms with Crippen molar-refractivity contribution < 1.29 is 4.74 Å². The zero-order valence-electron chi connectivity index (χ0n) is 11.0. The van der Waals surface area contributed by atoms with Crippen LogP contribution in [-0.4, -0.2) is 43.1 Å². The lowest BCUT2D eigenvalue weighted by Crippen LogP contribution is -2.27. The van der Waals surface area contributed by atoms with E-state index in [1.807, 2.05) is 0 Å². The lowest BCUT2D eigenvalue weighted by Gasteiger charge is -2.10. The summed E-state index contributed by atoms with van der Waals surface area (Å²) in [4.78, 5) is 11.9. The number of aromatic nitrogens is 2. The molecule has 0 amide bonds. The van der Waals surface area contributed by atoms with Gasteiger partial charge in [-0.3, -0.25) is 4.79 Å². The van der Waals surface area contributed by atoms with Crippen molar-refractivity contribution in [1.82, 2.24) is 15.1 Å². The molecule has 0 unspecified atom stereocenters. The van der Waals surface area contributed by atoms with Crippen LogP contribution in [0.15, 0.2) is 28.1 Å². The minimum absolute atomic E-state index is 0.169. The Morgan fingerprint density at radius 3 is 3.00 bits per heavy atom. The summed E-state index contributed by atoms with van der Waals surface area (Å²) in [7, 11) is 1.67. The smallest absolute Gasteiger partial charge is 0.283 e. The van der Waals surface area contributed by atoms with Gasteiger partial charge in [-0.25, -0.2) is 4.68 Å². The van der Waals surface area contributed by atoms with Crippen LogP contribution in [0.25, 0.3) is 0 Å². The Kier molecular flexibility index (Phi) is 7.39. The van der Waals surface area contributed by atoms with E-state index in [9.17, 15) is 4.79 Å². The summed E-state index contributed by atoms with van der Waals surface area (Å²) in [6.07, 6.45) is 3.26. The molecule has 0 bridgehead atoms. The summed E-state index contributed by atoms with van der Waals surface area (Å²) < 4.78 is 6.76. The molecule has 0 radical (unpaired) electrons. The number of hydrogen-bond acceptors (Lipinski definition) is 5. The summed E-state index contributed by atoms with van der Waals surface area (Å²) in [5.41, 5.74) is 0.524. The topological polar surface area (TPSA) is 68.2 Å². The predicted molar refractivity (Wildman–Crippen MR) is 79.6 cm³/mol. The van der Waals surface area contributed by atoms with Crippen LogP contribution in [0.1, 0.15) is 0 Å². The van der Waals surface area contributed by atoms with Crippen molar-refractivity contribution in [2.75, 3.05) is 38.7 Å². The predicted octanol–water partition coefficient (Wildman–Crippen LogP) is 0.840. The molecule has 0 aliphatic heterocycles. The molecule has 0 aromatic carbocycles. The van der Waals surface area contributed by atoms with E-state index < -0.39 is 0 Å². The summed E-state index contributed by atoms with van der Waals surface area (Å²) in [5, 5.41) is 10.4. The molecule has 0 atom stereocenters. The first-order valence-corrected chi connectivity index (χ1v) is 6.80. The van der Waals surface area contributed by atoms with Gasteiger partial charge in [-0.05, 0) is 15.9 Å². The van der Waals surface area contributed by atoms with Gasteiger partial charge in [0.2, 0.25) is 0 Å². The molecule has 1 aromatic heterocycles. The molecule has 1 rings (SSSR count). The molecular formula is C12H19BrN4O2. The van der Waals surface area contributed by atoms with E-state index in [1.165, 1.54) is 4.68 Å². The molecule has 0 aliphatic carbocycles. The highest BCUT2D eigenvalue weighted by Crippen LogP contribution is 2.15. The second-order valence-electron chi connectivity index (χ2n) is 3.82. The van der Waals surface area contributed by atoms with Crippen molar-refractivity contribution in [3.8, 4) is 0 Å². The second kappa shape index (κ2) is 8.84. The van der Waals surface area contributed by atoms with Crippen LogP contribution in [0.3, 0.4) is 0 Å². The standard InChI is InChI=1S/C12H19BrN4O2/c1-3-7-17-12(18)11(13)10(9-16-17)15-5-4-14-6-8-19-2/h3,9,14-15H,1,4-8H2,2H3. The van der Waals surface area contributed by atoms with Crippen molar-refractivity contribution in [1.29, 1.82) is 0 Å². The number of ether oxygens (including phenoxy) is 1. The molecule has 0 aliphatic rings. The van der Waals surface area contributed by atoms with Crippen LogP contribution < -0.4 is 16.2 Å². The van der Waals surface area contributed by atoms with E-state index in [4.69, 9.17) is 4.74 Å². The third kappa shape index (κ3) is 5.14. The fourth-order valence-corrected chi connectivity index (χ4v) is 1.87. The molecule has 0 spiro atoms. The molecular weight excluding hydrogens is 312 g/mol. The maximum absolute atomic E-state index is 11.9. The summed E-state index contributed by atoms with van der Waals surface area (Å²) >= 11 is 3.28. The van der Waals surface area contributed by atoms with Gasteiger partial charge in [0, 0.05) is 26.7 Å². The zero-order chi connectivity index (χ0) is 14.1. The maximum atomic E-state index is 11.9. The third-order valence-electron chi connectivity index (χ3n) is 2.39. The average molecular weight is 331 g/mol. The minimum Gasteiger partial charge on any atom is -0.383 e. The highest BCUT2D eigenvalue weighted by molar-refractivity contribution is 9.10. The largest absolute Gasteiger partial charge is 0.383 e. The van der Waals surface area contributed by atoms with E-state index in [2.05, 4.69) is 38.2 Å². The molecule has 2 N–H and O–H groups in total. The van der Waals surface area contributed by atoms with Crippen molar-refractivity contribution in [3.05, 3.63) is 33.7 Å². The minimum atomic E-state index is -0.169. The molecule has 1 aromatic rings. The zero-order valence-corrected chi connectivity index (χ0v) is 12.6. The van der Waals surface area contributed by atoms with E-state index >= 15 is 0 Å². The second-order valence-corrected chi connectivity index (χ2v) is 4.61. The average Bonchev–Trinajstić information content (AvgIpc) is 2.41. The number of methoxy groups -OCH3 is 1. The number of nitrogens with zero attached hydrogens (tertiary/aromatic N) is 2. The van der Waals surface area contributed by atoms with E-state index in [1.54, 1.807) is 19.4 Å². The van der Waals surface area contributed by atoms with Gasteiger partial charge in [0.1, 0.15) is 4.47 Å². The van der Waals surface area contributed by atoms with Gasteiger partial charge in [-0.1, -0.05) is 6.08 Å². The molecule has 6 nitrogen and oxygen atoms in total. The van der Waals surface area contributed by atoms with Crippen LogP contribution in [0, 0.1) is 0 Å². The highest BCUT2D eigenvalue weighted by atomic mass is 79.9. The Balaban J connectivity index is 2.48. The number of hydrogen-bond donors (Lipinski definition) is 2. The summed E-state index contributed by atoms with van der Waals surface area (Å²) in [6.45, 7) is 6.96. The summed E-state index contributed by atoms with van der Waals surface area (Å²) in [5.74, 6) is 0. The van der Waals surface area contributed by atoms with Gasteiger partial charge < -0.3 is 15.4 Å². The third-order valence-corrected chi connectivity index (χ3v) is 3.15. The number of anilines is 1. The van der Waals surface area contributed by atoms with Crippen LogP contribution >= 0.6 is 15.9 Å². The molecule has 0 saturated heterocycles. The number of rotatable bonds is 9. The van der Waals surface area contributed by atoms with Crippen molar-refractivity contribution in [2.45, 2.75) is 6.54 Å². The maximum Gasteiger partial charge on any atom is 0.283 e. The normalized spacial score (nSPS) is 10.4. The monoisotopic (exact) mass is 330 g/mol. The fourth-order valence-electron chi connectivity index (χ4n) is 1.43. The van der Waals surface area contributed by atoms with Gasteiger partial charge in [0.25, 0.3) is 5.56 Å². The molecule has 19 heavy (non-hydrogen) atoms. The number of allylic oxidation sites excluding steroid dienone is 1. The number of halogens is 1. The number of nitrogens with one attached hydrogen (secondary N) is 2. The van der Waals surface area contributed by atoms with Crippen LogP contribution in [0.4, 0.5) is 5.69 Å². The van der Waals surface area contributed by atoms with Crippen LogP contribution in [-0.2, 0) is 11.3 Å².